The number of methoxy groups -OCH3 is 2. The number of carbonyl (C=O) groups is 2. The van der Waals surface area contributed by atoms with Crippen LogP contribution in [-0.2, 0) is 14.3 Å². The number of anilines is 1. The lowest BCUT2D eigenvalue weighted by molar-refractivity contribution is -0.138. The quantitative estimate of drug-likeness (QED) is 0.677. The number of hydrogen-bond acceptors (Lipinski definition) is 7. The van der Waals surface area contributed by atoms with Gasteiger partial charge in [-0.15, -0.1) is 0 Å². The smallest absolute Gasteiger partial charge is 0.376 e. The first-order valence-electron chi connectivity index (χ1n) is 4.77. The molecule has 1 heterocycles. The van der Waals surface area contributed by atoms with Gasteiger partial charge in [0.1, 0.15) is 12.4 Å². The van der Waals surface area contributed by atoms with Crippen LogP contribution in [0, 0.1) is 0 Å². The molecule has 0 fully saturated rings. The van der Waals surface area contributed by atoms with Crippen LogP contribution in [0.3, 0.4) is 0 Å². The summed E-state index contributed by atoms with van der Waals surface area (Å²) in [6.45, 7) is 0.0358. The minimum Gasteiger partial charge on any atom is -0.468 e. The third-order valence-corrected chi connectivity index (χ3v) is 1.99. The maximum atomic E-state index is 11.2. The van der Waals surface area contributed by atoms with Crippen molar-refractivity contribution in [2.45, 2.75) is 0 Å². The van der Waals surface area contributed by atoms with Crippen molar-refractivity contribution in [3.63, 3.8) is 0 Å². The fourth-order valence-corrected chi connectivity index (χ4v) is 1.09. The standard InChI is InChI=1S/C10H13N3O4/c1-13(6-8(14)16-2)7-4-5-11-9(12-7)10(15)17-3/h4-5H,6H2,1-3H3. The molecule has 7 nitrogen and oxygen atoms in total. The van der Waals surface area contributed by atoms with Gasteiger partial charge < -0.3 is 14.4 Å². The van der Waals surface area contributed by atoms with E-state index in [1.165, 1.54) is 20.4 Å². The zero-order valence-electron chi connectivity index (χ0n) is 9.84. The van der Waals surface area contributed by atoms with Gasteiger partial charge in [-0.05, 0) is 6.07 Å². The molecule has 0 aliphatic heterocycles. The molecule has 17 heavy (non-hydrogen) atoms. The molecule has 0 atom stereocenters. The van der Waals surface area contributed by atoms with Crippen molar-refractivity contribution < 1.29 is 19.1 Å². The third-order valence-electron chi connectivity index (χ3n) is 1.99. The molecular weight excluding hydrogens is 226 g/mol. The van der Waals surface area contributed by atoms with Crippen LogP contribution < -0.4 is 4.90 Å². The lowest BCUT2D eigenvalue weighted by Crippen LogP contribution is -2.27. The summed E-state index contributed by atoms with van der Waals surface area (Å²) < 4.78 is 9.02. The number of carbonyl (C=O) groups excluding carboxylic acids is 2. The van der Waals surface area contributed by atoms with Crippen LogP contribution in [0.1, 0.15) is 10.6 Å². The van der Waals surface area contributed by atoms with Gasteiger partial charge in [-0.2, -0.15) is 0 Å². The van der Waals surface area contributed by atoms with Gasteiger partial charge in [0.25, 0.3) is 0 Å². The highest BCUT2D eigenvalue weighted by atomic mass is 16.5. The first-order chi connectivity index (χ1) is 8.08. The van der Waals surface area contributed by atoms with Gasteiger partial charge >= 0.3 is 11.9 Å². The molecule has 92 valence electrons. The van der Waals surface area contributed by atoms with Crippen LogP contribution in [0.15, 0.2) is 12.3 Å². The van der Waals surface area contributed by atoms with Crippen molar-refractivity contribution in [3.05, 3.63) is 18.1 Å². The Balaban J connectivity index is 2.84. The fraction of sp³-hybridized carbons (Fsp3) is 0.400. The highest BCUT2D eigenvalue weighted by Gasteiger charge is 2.13. The van der Waals surface area contributed by atoms with Gasteiger partial charge in [0, 0.05) is 13.2 Å². The zero-order chi connectivity index (χ0) is 12.8. The second-order valence-corrected chi connectivity index (χ2v) is 3.16. The van der Waals surface area contributed by atoms with Crippen molar-refractivity contribution in [1.29, 1.82) is 0 Å². The molecule has 0 unspecified atom stereocenters. The maximum Gasteiger partial charge on any atom is 0.376 e. The predicted octanol–water partition coefficient (Wildman–Crippen LogP) is -0.128. The van der Waals surface area contributed by atoms with E-state index in [-0.39, 0.29) is 12.4 Å². The van der Waals surface area contributed by atoms with Gasteiger partial charge in [0.15, 0.2) is 0 Å². The number of likely N-dealkylation sites (N-methyl/N-ethyl adjacent to an activating group) is 1. The molecule has 0 bridgehead atoms. The Kier molecular flexibility index (Phi) is 4.38. The molecule has 0 aliphatic carbocycles. The van der Waals surface area contributed by atoms with Gasteiger partial charge in [-0.3, -0.25) is 4.79 Å². The molecule has 7 heteroatoms. The second-order valence-electron chi connectivity index (χ2n) is 3.16. The van der Waals surface area contributed by atoms with Gasteiger partial charge in [-0.1, -0.05) is 0 Å². The van der Waals surface area contributed by atoms with E-state index in [4.69, 9.17) is 0 Å². The van der Waals surface area contributed by atoms with Crippen molar-refractivity contribution in [3.8, 4) is 0 Å². The lowest BCUT2D eigenvalue weighted by atomic mass is 10.4. The number of rotatable bonds is 4. The van der Waals surface area contributed by atoms with Crippen LogP contribution in [0.2, 0.25) is 0 Å². The van der Waals surface area contributed by atoms with Gasteiger partial charge in [-0.25, -0.2) is 14.8 Å². The molecule has 0 amide bonds. The monoisotopic (exact) mass is 239 g/mol. The van der Waals surface area contributed by atoms with Crippen molar-refractivity contribution >= 4 is 17.8 Å². The van der Waals surface area contributed by atoms with Gasteiger partial charge in [0.2, 0.25) is 5.82 Å². The molecule has 0 N–H and O–H groups in total. The maximum absolute atomic E-state index is 11.2. The number of ether oxygens (including phenoxy) is 2. The summed E-state index contributed by atoms with van der Waals surface area (Å²) in [7, 11) is 4.20. The Morgan fingerprint density at radius 2 is 2.06 bits per heavy atom. The van der Waals surface area contributed by atoms with Crippen LogP contribution >= 0.6 is 0 Å². The molecule has 0 spiro atoms. The summed E-state index contributed by atoms with van der Waals surface area (Å²) in [4.78, 5) is 31.5. The summed E-state index contributed by atoms with van der Waals surface area (Å²) in [5, 5.41) is 0. The van der Waals surface area contributed by atoms with Crippen LogP contribution in [-0.4, -0.2) is 49.7 Å². The highest BCUT2D eigenvalue weighted by molar-refractivity contribution is 5.85. The van der Waals surface area contributed by atoms with E-state index in [1.807, 2.05) is 0 Å². The highest BCUT2D eigenvalue weighted by Crippen LogP contribution is 2.08. The van der Waals surface area contributed by atoms with E-state index in [0.29, 0.717) is 5.82 Å². The topological polar surface area (TPSA) is 81.6 Å². The van der Waals surface area contributed by atoms with E-state index in [0.717, 1.165) is 0 Å². The zero-order valence-corrected chi connectivity index (χ0v) is 9.84. The first-order valence-corrected chi connectivity index (χ1v) is 4.77. The molecule has 0 radical (unpaired) electrons. The minimum atomic E-state index is -0.627. The van der Waals surface area contributed by atoms with E-state index < -0.39 is 11.9 Å². The molecule has 1 rings (SSSR count). The molecule has 1 aromatic rings. The molecule has 0 saturated heterocycles. The Hall–Kier alpha value is -2.18. The average molecular weight is 239 g/mol. The van der Waals surface area contributed by atoms with E-state index in [2.05, 4.69) is 19.4 Å². The molecular formula is C10H13N3O4. The molecule has 1 aromatic heterocycles. The number of nitrogens with zero attached hydrogens (tertiary/aromatic N) is 3. The normalized spacial score (nSPS) is 9.59. The Morgan fingerprint density at radius 1 is 1.35 bits per heavy atom. The summed E-state index contributed by atoms with van der Waals surface area (Å²) in [6.07, 6.45) is 1.42. The fourth-order valence-electron chi connectivity index (χ4n) is 1.09. The van der Waals surface area contributed by atoms with Crippen molar-refractivity contribution in [1.82, 2.24) is 9.97 Å². The average Bonchev–Trinajstić information content (AvgIpc) is 2.37. The third kappa shape index (κ3) is 3.40. The predicted molar refractivity (Wildman–Crippen MR) is 58.7 cm³/mol. The summed E-state index contributed by atoms with van der Waals surface area (Å²) >= 11 is 0. The van der Waals surface area contributed by atoms with Crippen LogP contribution in [0.5, 0.6) is 0 Å². The van der Waals surface area contributed by atoms with Gasteiger partial charge in [0.05, 0.1) is 14.2 Å². The van der Waals surface area contributed by atoms with E-state index in [9.17, 15) is 9.59 Å². The summed E-state index contributed by atoms with van der Waals surface area (Å²) in [5.74, 6) is -0.642. The Bertz CT molecular complexity index is 422. The second kappa shape index (κ2) is 5.78. The van der Waals surface area contributed by atoms with Crippen molar-refractivity contribution in [2.75, 3.05) is 32.7 Å². The van der Waals surface area contributed by atoms with Crippen LogP contribution in [0.25, 0.3) is 0 Å². The van der Waals surface area contributed by atoms with Crippen molar-refractivity contribution in [2.24, 2.45) is 0 Å². The molecule has 0 aromatic carbocycles. The molecule has 0 aliphatic rings. The van der Waals surface area contributed by atoms with Crippen LogP contribution in [0.4, 0.5) is 5.82 Å². The summed E-state index contributed by atoms with van der Waals surface area (Å²) in [5.41, 5.74) is 0. The summed E-state index contributed by atoms with van der Waals surface area (Å²) in [6, 6.07) is 1.58. The largest absolute Gasteiger partial charge is 0.468 e. The number of esters is 2. The lowest BCUT2D eigenvalue weighted by Gasteiger charge is -2.16. The first kappa shape index (κ1) is 12.9. The van der Waals surface area contributed by atoms with E-state index >= 15 is 0 Å². The van der Waals surface area contributed by atoms with E-state index in [1.54, 1.807) is 18.0 Å². The Labute approximate surface area is 98.4 Å². The number of hydrogen-bond donors (Lipinski definition) is 0. The Morgan fingerprint density at radius 3 is 2.65 bits per heavy atom. The number of aromatic nitrogens is 2. The molecule has 0 saturated carbocycles. The minimum absolute atomic E-state index is 0.0358. The SMILES string of the molecule is COC(=O)CN(C)c1ccnc(C(=O)OC)n1.